The van der Waals surface area contributed by atoms with E-state index in [-0.39, 0.29) is 17.9 Å². The summed E-state index contributed by atoms with van der Waals surface area (Å²) in [6.07, 6.45) is 1.89. The molecule has 1 aliphatic heterocycles. The third-order valence-electron chi connectivity index (χ3n) is 3.02. The number of rotatable bonds is 5. The van der Waals surface area contributed by atoms with Crippen LogP contribution in [0.25, 0.3) is 0 Å². The molecule has 1 heterocycles. The van der Waals surface area contributed by atoms with E-state index in [1.165, 1.54) is 0 Å². The Bertz CT molecular complexity index is 209. The van der Waals surface area contributed by atoms with Gasteiger partial charge in [-0.15, -0.1) is 0 Å². The van der Waals surface area contributed by atoms with Crippen molar-refractivity contribution in [1.82, 2.24) is 4.90 Å². The molecule has 2 atom stereocenters. The van der Waals surface area contributed by atoms with Crippen molar-refractivity contribution in [3.05, 3.63) is 0 Å². The van der Waals surface area contributed by atoms with Crippen molar-refractivity contribution >= 4 is 5.91 Å². The van der Waals surface area contributed by atoms with Crippen molar-refractivity contribution in [2.45, 2.75) is 32.8 Å². The average molecular weight is 214 g/mol. The Morgan fingerprint density at radius 3 is 2.80 bits per heavy atom. The molecule has 1 rings (SSSR count). The van der Waals surface area contributed by atoms with E-state index in [1.807, 2.05) is 11.8 Å². The van der Waals surface area contributed by atoms with E-state index in [0.717, 1.165) is 26.0 Å². The van der Waals surface area contributed by atoms with Crippen LogP contribution in [-0.4, -0.2) is 43.2 Å². The second-order valence-corrected chi connectivity index (χ2v) is 3.92. The monoisotopic (exact) mass is 214 g/mol. The molecule has 4 heteroatoms. The van der Waals surface area contributed by atoms with E-state index in [1.54, 1.807) is 0 Å². The van der Waals surface area contributed by atoms with Crippen LogP contribution in [0, 0.1) is 5.92 Å². The van der Waals surface area contributed by atoms with Crippen LogP contribution in [0.2, 0.25) is 0 Å². The molecule has 0 aromatic rings. The Morgan fingerprint density at radius 2 is 2.27 bits per heavy atom. The van der Waals surface area contributed by atoms with Gasteiger partial charge in [-0.05, 0) is 19.8 Å². The number of nitrogens with zero attached hydrogens (tertiary/aromatic N) is 1. The fourth-order valence-corrected chi connectivity index (χ4v) is 2.15. The van der Waals surface area contributed by atoms with Crippen molar-refractivity contribution in [2.24, 2.45) is 11.7 Å². The van der Waals surface area contributed by atoms with Gasteiger partial charge in [0.15, 0.2) is 0 Å². The molecule has 1 amide bonds. The van der Waals surface area contributed by atoms with E-state index in [9.17, 15) is 4.79 Å². The molecule has 1 fully saturated rings. The number of hydrogen-bond donors (Lipinski definition) is 1. The predicted molar refractivity (Wildman–Crippen MR) is 59.4 cm³/mol. The predicted octanol–water partition coefficient (Wildman–Crippen LogP) is 0.609. The fourth-order valence-electron chi connectivity index (χ4n) is 2.15. The smallest absolute Gasteiger partial charge is 0.228 e. The van der Waals surface area contributed by atoms with Crippen LogP contribution in [0.15, 0.2) is 0 Å². The highest BCUT2D eigenvalue weighted by atomic mass is 16.5. The highest BCUT2D eigenvalue weighted by Crippen LogP contribution is 2.25. The topological polar surface area (TPSA) is 55.6 Å². The number of carbonyl (C=O) groups is 1. The lowest BCUT2D eigenvalue weighted by Gasteiger charge is -2.25. The highest BCUT2D eigenvalue weighted by molar-refractivity contribution is 5.79. The van der Waals surface area contributed by atoms with E-state index in [4.69, 9.17) is 10.5 Å². The number of nitrogens with two attached hydrogens (primary N) is 1. The van der Waals surface area contributed by atoms with Gasteiger partial charge in [0.1, 0.15) is 0 Å². The summed E-state index contributed by atoms with van der Waals surface area (Å²) in [4.78, 5) is 14.0. The minimum absolute atomic E-state index is 0.0569. The molecule has 0 aromatic heterocycles. The number of ether oxygens (including phenoxy) is 1. The van der Waals surface area contributed by atoms with Gasteiger partial charge in [0.2, 0.25) is 5.91 Å². The van der Waals surface area contributed by atoms with Crippen LogP contribution in [0.1, 0.15) is 26.7 Å². The Hall–Kier alpha value is -0.610. The molecule has 1 saturated heterocycles. The first-order valence-corrected chi connectivity index (χ1v) is 5.85. The molecule has 15 heavy (non-hydrogen) atoms. The minimum Gasteiger partial charge on any atom is -0.377 e. The fraction of sp³-hybridized carbons (Fsp3) is 0.909. The maximum absolute atomic E-state index is 12.1. The molecular weight excluding hydrogens is 192 g/mol. The van der Waals surface area contributed by atoms with Gasteiger partial charge in [0, 0.05) is 26.2 Å². The maximum Gasteiger partial charge on any atom is 0.228 e. The summed E-state index contributed by atoms with van der Waals surface area (Å²) in [5.74, 6) is 0.272. The third kappa shape index (κ3) is 2.92. The molecular formula is C11H22N2O2. The van der Waals surface area contributed by atoms with E-state index < -0.39 is 0 Å². The molecule has 0 aliphatic carbocycles. The first-order chi connectivity index (χ1) is 7.24. The summed E-state index contributed by atoms with van der Waals surface area (Å²) in [7, 11) is 0. The molecule has 0 radical (unpaired) electrons. The van der Waals surface area contributed by atoms with Gasteiger partial charge in [0.25, 0.3) is 0 Å². The number of amides is 1. The van der Waals surface area contributed by atoms with Crippen molar-refractivity contribution in [3.63, 3.8) is 0 Å². The number of carbonyl (C=O) groups excluding carboxylic acids is 1. The maximum atomic E-state index is 12.1. The van der Waals surface area contributed by atoms with E-state index in [0.29, 0.717) is 13.1 Å². The Morgan fingerprint density at radius 1 is 1.53 bits per heavy atom. The Balaban J connectivity index is 2.56. The second-order valence-electron chi connectivity index (χ2n) is 3.92. The molecule has 0 spiro atoms. The zero-order valence-corrected chi connectivity index (χ0v) is 9.74. The lowest BCUT2D eigenvalue weighted by atomic mass is 9.98. The van der Waals surface area contributed by atoms with Gasteiger partial charge in [-0.3, -0.25) is 4.79 Å². The molecule has 88 valence electrons. The van der Waals surface area contributed by atoms with Crippen LogP contribution in [-0.2, 0) is 9.53 Å². The van der Waals surface area contributed by atoms with Gasteiger partial charge in [-0.1, -0.05) is 6.92 Å². The molecule has 0 bridgehead atoms. The van der Waals surface area contributed by atoms with Gasteiger partial charge < -0.3 is 15.4 Å². The standard InChI is InChI=1S/C11H22N2O2/c1-3-10-9(5-8-15-10)11(14)13(4-2)7-6-12/h9-10H,3-8,12H2,1-2H3. The molecule has 2 unspecified atom stereocenters. The second kappa shape index (κ2) is 6.08. The number of likely N-dealkylation sites (N-methyl/N-ethyl adjacent to an activating group) is 1. The van der Waals surface area contributed by atoms with Crippen LogP contribution in [0.5, 0.6) is 0 Å². The van der Waals surface area contributed by atoms with Gasteiger partial charge in [-0.2, -0.15) is 0 Å². The van der Waals surface area contributed by atoms with Crippen LogP contribution in [0.4, 0.5) is 0 Å². The molecule has 2 N–H and O–H groups in total. The lowest BCUT2D eigenvalue weighted by Crippen LogP contribution is -2.41. The van der Waals surface area contributed by atoms with Crippen molar-refractivity contribution in [2.75, 3.05) is 26.2 Å². The van der Waals surface area contributed by atoms with E-state index >= 15 is 0 Å². The van der Waals surface area contributed by atoms with Crippen molar-refractivity contribution in [1.29, 1.82) is 0 Å². The SMILES string of the molecule is CCC1OCCC1C(=O)N(CC)CCN. The summed E-state index contributed by atoms with van der Waals surface area (Å²) in [5, 5.41) is 0. The molecule has 4 nitrogen and oxygen atoms in total. The van der Waals surface area contributed by atoms with Crippen LogP contribution < -0.4 is 5.73 Å². The van der Waals surface area contributed by atoms with Crippen molar-refractivity contribution < 1.29 is 9.53 Å². The quantitative estimate of drug-likeness (QED) is 0.729. The van der Waals surface area contributed by atoms with Gasteiger partial charge >= 0.3 is 0 Å². The molecule has 1 aliphatic rings. The third-order valence-corrected chi connectivity index (χ3v) is 3.02. The lowest BCUT2D eigenvalue weighted by molar-refractivity contribution is -0.137. The Kier molecular flexibility index (Phi) is 5.05. The minimum atomic E-state index is 0.0569. The molecule has 0 aromatic carbocycles. The highest BCUT2D eigenvalue weighted by Gasteiger charge is 2.34. The number of hydrogen-bond acceptors (Lipinski definition) is 3. The van der Waals surface area contributed by atoms with Gasteiger partial charge in [-0.25, -0.2) is 0 Å². The Labute approximate surface area is 91.8 Å². The largest absolute Gasteiger partial charge is 0.377 e. The first-order valence-electron chi connectivity index (χ1n) is 5.85. The average Bonchev–Trinajstić information content (AvgIpc) is 2.72. The zero-order valence-electron chi connectivity index (χ0n) is 9.74. The normalized spacial score (nSPS) is 25.5. The van der Waals surface area contributed by atoms with Crippen LogP contribution in [0.3, 0.4) is 0 Å². The summed E-state index contributed by atoms with van der Waals surface area (Å²) in [6.45, 7) is 6.70. The first kappa shape index (κ1) is 12.5. The summed E-state index contributed by atoms with van der Waals surface area (Å²) in [5.41, 5.74) is 5.48. The van der Waals surface area contributed by atoms with Crippen LogP contribution >= 0.6 is 0 Å². The summed E-state index contributed by atoms with van der Waals surface area (Å²) in [6, 6.07) is 0. The summed E-state index contributed by atoms with van der Waals surface area (Å²) >= 11 is 0. The summed E-state index contributed by atoms with van der Waals surface area (Å²) < 4.78 is 5.53. The zero-order chi connectivity index (χ0) is 11.3. The van der Waals surface area contributed by atoms with E-state index in [2.05, 4.69) is 6.92 Å². The molecule has 0 saturated carbocycles. The van der Waals surface area contributed by atoms with Crippen molar-refractivity contribution in [3.8, 4) is 0 Å². The van der Waals surface area contributed by atoms with Gasteiger partial charge in [0.05, 0.1) is 12.0 Å².